The zero-order valence-corrected chi connectivity index (χ0v) is 9.21. The Morgan fingerprint density at radius 1 is 1.65 bits per heavy atom. The molecular weight excluding hydrogens is 224 g/mol. The van der Waals surface area contributed by atoms with Crippen molar-refractivity contribution in [3.8, 4) is 0 Å². The number of nitrogen functional groups attached to an aromatic ring is 1. The maximum absolute atomic E-state index is 10.6. The summed E-state index contributed by atoms with van der Waals surface area (Å²) in [5, 5.41) is 13.1. The summed E-state index contributed by atoms with van der Waals surface area (Å²) in [6.45, 7) is 1.73. The number of anilines is 1. The lowest BCUT2D eigenvalue weighted by Crippen LogP contribution is -2.19. The number of nitro groups is 1. The molecule has 0 aromatic carbocycles. The lowest BCUT2D eigenvalue weighted by atomic mass is 10.2. The maximum atomic E-state index is 10.6. The van der Waals surface area contributed by atoms with Crippen molar-refractivity contribution in [2.45, 2.75) is 6.92 Å². The number of amides is 1. The first-order valence-corrected chi connectivity index (χ1v) is 4.81. The molecule has 1 rings (SSSR count). The number of hydrogen-bond donors (Lipinski definition) is 2. The lowest BCUT2D eigenvalue weighted by Gasteiger charge is -2.00. The van der Waals surface area contributed by atoms with Crippen LogP contribution in [-0.4, -0.2) is 22.4 Å². The van der Waals surface area contributed by atoms with Gasteiger partial charge in [-0.2, -0.15) is 0 Å². The smallest absolute Gasteiger partial charge is 0.310 e. The average molecular weight is 236 g/mol. The lowest BCUT2D eigenvalue weighted by molar-refractivity contribution is -0.384. The number of rotatable bonds is 4. The predicted octanol–water partition coefficient (Wildman–Crippen LogP) is 0.721. The molecule has 0 atom stereocenters. The summed E-state index contributed by atoms with van der Waals surface area (Å²) in [6, 6.07) is 0. The van der Waals surface area contributed by atoms with Crippen LogP contribution in [0.2, 0.25) is 0 Å². The van der Waals surface area contributed by atoms with Crippen LogP contribution in [0.1, 0.15) is 12.5 Å². The van der Waals surface area contributed by atoms with E-state index in [4.69, 9.17) is 5.73 Å². The highest BCUT2D eigenvalue weighted by molar-refractivity contribution is 5.74. The van der Waals surface area contributed by atoms with Gasteiger partial charge < -0.3 is 11.1 Å². The van der Waals surface area contributed by atoms with Gasteiger partial charge in [0.05, 0.1) is 4.92 Å². The van der Waals surface area contributed by atoms with Crippen LogP contribution in [-0.2, 0) is 4.79 Å². The molecule has 7 heteroatoms. The highest BCUT2D eigenvalue weighted by atomic mass is 16.6. The number of carbonyl (C=O) groups excluding carboxylic acids is 1. The molecule has 7 nitrogen and oxygen atoms in total. The minimum atomic E-state index is -0.590. The minimum absolute atomic E-state index is 0.0593. The highest BCUT2D eigenvalue weighted by Crippen LogP contribution is 2.23. The van der Waals surface area contributed by atoms with Crippen molar-refractivity contribution >= 4 is 23.4 Å². The summed E-state index contributed by atoms with van der Waals surface area (Å²) in [7, 11) is 0. The van der Waals surface area contributed by atoms with Gasteiger partial charge >= 0.3 is 5.69 Å². The van der Waals surface area contributed by atoms with Gasteiger partial charge in [0.25, 0.3) is 0 Å². The van der Waals surface area contributed by atoms with Gasteiger partial charge in [0, 0.05) is 25.2 Å². The second-order valence-electron chi connectivity index (χ2n) is 3.26. The summed E-state index contributed by atoms with van der Waals surface area (Å²) < 4.78 is 0. The molecule has 1 amide bonds. The number of nitrogens with one attached hydrogen (secondary N) is 1. The van der Waals surface area contributed by atoms with Crippen LogP contribution in [0.25, 0.3) is 6.08 Å². The summed E-state index contributed by atoms with van der Waals surface area (Å²) in [5.74, 6) is -0.153. The summed E-state index contributed by atoms with van der Waals surface area (Å²) in [6.07, 6.45) is 5.73. The van der Waals surface area contributed by atoms with Gasteiger partial charge in [-0.15, -0.1) is 0 Å². The number of nitrogens with two attached hydrogens (primary N) is 1. The molecule has 3 N–H and O–H groups in total. The average Bonchev–Trinajstić information content (AvgIpc) is 2.25. The Kier molecular flexibility index (Phi) is 4.15. The van der Waals surface area contributed by atoms with Crippen molar-refractivity contribution in [1.29, 1.82) is 0 Å². The van der Waals surface area contributed by atoms with Crippen molar-refractivity contribution in [2.24, 2.45) is 0 Å². The zero-order valence-electron chi connectivity index (χ0n) is 9.21. The molecule has 0 bridgehead atoms. The van der Waals surface area contributed by atoms with E-state index in [-0.39, 0.29) is 17.3 Å². The predicted molar refractivity (Wildman–Crippen MR) is 63.0 cm³/mol. The molecule has 1 heterocycles. The SMILES string of the molecule is CC(=O)NCC=Cc1cncc([N+](=O)[O-])c1N. The van der Waals surface area contributed by atoms with Crippen LogP contribution in [0, 0.1) is 10.1 Å². The zero-order chi connectivity index (χ0) is 12.8. The molecule has 17 heavy (non-hydrogen) atoms. The third-order valence-corrected chi connectivity index (χ3v) is 1.96. The second-order valence-corrected chi connectivity index (χ2v) is 3.26. The Hall–Kier alpha value is -2.44. The minimum Gasteiger partial charge on any atom is -0.393 e. The molecule has 0 aliphatic heterocycles. The van der Waals surface area contributed by atoms with E-state index < -0.39 is 4.92 Å². The number of aromatic nitrogens is 1. The van der Waals surface area contributed by atoms with Crippen molar-refractivity contribution in [1.82, 2.24) is 10.3 Å². The highest BCUT2D eigenvalue weighted by Gasteiger charge is 2.13. The van der Waals surface area contributed by atoms with Crippen molar-refractivity contribution in [3.63, 3.8) is 0 Å². The molecular formula is C10H12N4O3. The maximum Gasteiger partial charge on any atom is 0.310 e. The van der Waals surface area contributed by atoms with Gasteiger partial charge in [-0.25, -0.2) is 0 Å². The monoisotopic (exact) mass is 236 g/mol. The molecule has 0 saturated carbocycles. The van der Waals surface area contributed by atoms with E-state index in [0.717, 1.165) is 6.20 Å². The fourth-order valence-corrected chi connectivity index (χ4v) is 1.14. The van der Waals surface area contributed by atoms with E-state index in [0.29, 0.717) is 12.1 Å². The van der Waals surface area contributed by atoms with Crippen LogP contribution in [0.4, 0.5) is 11.4 Å². The molecule has 0 spiro atoms. The number of pyridine rings is 1. The van der Waals surface area contributed by atoms with E-state index in [1.165, 1.54) is 13.1 Å². The number of hydrogen-bond acceptors (Lipinski definition) is 5. The van der Waals surface area contributed by atoms with Gasteiger partial charge in [0.15, 0.2) is 0 Å². The van der Waals surface area contributed by atoms with Gasteiger partial charge in [-0.3, -0.25) is 19.9 Å². The third-order valence-electron chi connectivity index (χ3n) is 1.96. The van der Waals surface area contributed by atoms with Crippen LogP contribution in [0.5, 0.6) is 0 Å². The molecule has 0 fully saturated rings. The van der Waals surface area contributed by atoms with E-state index in [1.54, 1.807) is 12.2 Å². The Labute approximate surface area is 97.5 Å². The molecule has 0 aliphatic carbocycles. The van der Waals surface area contributed by atoms with Gasteiger partial charge in [-0.1, -0.05) is 12.2 Å². The Bertz CT molecular complexity index is 471. The van der Waals surface area contributed by atoms with Crippen LogP contribution >= 0.6 is 0 Å². The first-order chi connectivity index (χ1) is 8.02. The van der Waals surface area contributed by atoms with Crippen molar-refractivity contribution in [3.05, 3.63) is 34.1 Å². The van der Waals surface area contributed by atoms with Crippen molar-refractivity contribution < 1.29 is 9.72 Å². The molecule has 0 radical (unpaired) electrons. The largest absolute Gasteiger partial charge is 0.393 e. The first kappa shape index (κ1) is 12.6. The molecule has 1 aromatic heterocycles. The Balaban J connectivity index is 2.81. The Morgan fingerprint density at radius 3 is 2.94 bits per heavy atom. The standard InChI is InChI=1S/C10H12N4O3/c1-7(15)13-4-2-3-8-5-12-6-9(10(8)11)14(16)17/h2-3,5-6H,4H2,1H3,(H2,11,12)(H,13,15). The molecule has 90 valence electrons. The summed E-state index contributed by atoms with van der Waals surface area (Å²) in [4.78, 5) is 24.3. The molecule has 0 aliphatic rings. The summed E-state index contributed by atoms with van der Waals surface area (Å²) in [5.41, 5.74) is 5.88. The fourth-order valence-electron chi connectivity index (χ4n) is 1.14. The molecule has 1 aromatic rings. The molecule has 0 unspecified atom stereocenters. The van der Waals surface area contributed by atoms with Gasteiger partial charge in [-0.05, 0) is 0 Å². The number of carbonyl (C=O) groups is 1. The van der Waals surface area contributed by atoms with E-state index in [9.17, 15) is 14.9 Å². The fraction of sp³-hybridized carbons (Fsp3) is 0.200. The quantitative estimate of drug-likeness (QED) is 0.591. The van der Waals surface area contributed by atoms with E-state index in [2.05, 4.69) is 10.3 Å². The normalized spacial score (nSPS) is 10.4. The van der Waals surface area contributed by atoms with E-state index >= 15 is 0 Å². The van der Waals surface area contributed by atoms with Crippen LogP contribution < -0.4 is 11.1 Å². The third kappa shape index (κ3) is 3.56. The second kappa shape index (κ2) is 5.59. The van der Waals surface area contributed by atoms with Crippen LogP contribution in [0.3, 0.4) is 0 Å². The van der Waals surface area contributed by atoms with Gasteiger partial charge in [0.2, 0.25) is 5.91 Å². The summed E-state index contributed by atoms with van der Waals surface area (Å²) >= 11 is 0. The molecule has 0 saturated heterocycles. The topological polar surface area (TPSA) is 111 Å². The Morgan fingerprint density at radius 2 is 2.35 bits per heavy atom. The van der Waals surface area contributed by atoms with Crippen molar-refractivity contribution in [2.75, 3.05) is 12.3 Å². The number of nitrogens with zero attached hydrogens (tertiary/aromatic N) is 2. The first-order valence-electron chi connectivity index (χ1n) is 4.81. The van der Waals surface area contributed by atoms with Gasteiger partial charge in [0.1, 0.15) is 11.9 Å². The van der Waals surface area contributed by atoms with Crippen LogP contribution in [0.15, 0.2) is 18.5 Å². The van der Waals surface area contributed by atoms with E-state index in [1.807, 2.05) is 0 Å².